The molecule has 0 saturated heterocycles. The molecule has 5 nitrogen and oxygen atoms in total. The molecule has 3 rings (SSSR count). The monoisotopic (exact) mass is 284 g/mol. The summed E-state index contributed by atoms with van der Waals surface area (Å²) >= 11 is 0. The van der Waals surface area contributed by atoms with Crippen LogP contribution in [0.3, 0.4) is 0 Å². The first-order chi connectivity index (χ1) is 10.1. The minimum absolute atomic E-state index is 0.175. The lowest BCUT2D eigenvalue weighted by atomic mass is 10.1. The fourth-order valence-corrected chi connectivity index (χ4v) is 2.80. The number of hydrogen-bond donors (Lipinski definition) is 3. The lowest BCUT2D eigenvalue weighted by molar-refractivity contribution is -0.140. The molecule has 0 radical (unpaired) electrons. The number of aliphatic carboxylic acids is 1. The Labute approximate surface area is 121 Å². The zero-order chi connectivity index (χ0) is 15.0. The summed E-state index contributed by atoms with van der Waals surface area (Å²) in [5.41, 5.74) is 2.36. The number of hydrogen-bond acceptors (Lipinski definition) is 2. The topological polar surface area (TPSA) is 82.2 Å². The molecule has 1 heterocycles. The average molecular weight is 284 g/mol. The Balaban J connectivity index is 1.81. The molecule has 0 aliphatic heterocycles. The van der Waals surface area contributed by atoms with Gasteiger partial charge in [0.25, 0.3) is 5.91 Å². The van der Waals surface area contributed by atoms with Crippen LogP contribution >= 0.6 is 0 Å². The number of aryl methyl sites for hydroxylation is 1. The zero-order valence-corrected chi connectivity index (χ0v) is 11.6. The summed E-state index contributed by atoms with van der Waals surface area (Å²) in [7, 11) is 0. The van der Waals surface area contributed by atoms with Gasteiger partial charge in [0.2, 0.25) is 0 Å². The molecule has 2 unspecified atom stereocenters. The van der Waals surface area contributed by atoms with Gasteiger partial charge >= 0.3 is 5.97 Å². The number of carbonyl (C=O) groups is 2. The minimum atomic E-state index is -0.855. The highest BCUT2D eigenvalue weighted by Crippen LogP contribution is 2.23. The lowest BCUT2D eigenvalue weighted by Gasteiger charge is -2.12. The van der Waals surface area contributed by atoms with Gasteiger partial charge in [0.1, 0.15) is 0 Å². The van der Waals surface area contributed by atoms with E-state index in [2.05, 4.69) is 10.3 Å². The van der Waals surface area contributed by atoms with Crippen LogP contribution in [-0.4, -0.2) is 28.0 Å². The fraction of sp³-hybridized carbons (Fsp3) is 0.250. The molecule has 1 aliphatic carbocycles. The van der Waals surface area contributed by atoms with E-state index >= 15 is 0 Å². The quantitative estimate of drug-likeness (QED) is 0.756. The van der Waals surface area contributed by atoms with Crippen LogP contribution in [0.15, 0.2) is 36.4 Å². The molecule has 0 fully saturated rings. The largest absolute Gasteiger partial charge is 0.481 e. The molecule has 5 heteroatoms. The van der Waals surface area contributed by atoms with Gasteiger partial charge in [-0.2, -0.15) is 0 Å². The molecular formula is C16H16N2O3. The van der Waals surface area contributed by atoms with Crippen molar-refractivity contribution in [1.82, 2.24) is 10.3 Å². The molecular weight excluding hydrogens is 268 g/mol. The molecule has 0 spiro atoms. The zero-order valence-electron chi connectivity index (χ0n) is 11.6. The van der Waals surface area contributed by atoms with E-state index in [0.29, 0.717) is 12.0 Å². The van der Waals surface area contributed by atoms with Crippen molar-refractivity contribution in [3.05, 3.63) is 47.7 Å². The van der Waals surface area contributed by atoms with Crippen LogP contribution in [0.25, 0.3) is 10.9 Å². The van der Waals surface area contributed by atoms with E-state index in [4.69, 9.17) is 5.11 Å². The standard InChI is InChI=1S/C16H16N2O3/c1-9-14(12-4-2-3-5-13(12)17-9)15(19)18-11-7-6-10(8-11)16(20)21/h2-7,10-11,17H,8H2,1H3,(H,18,19)(H,20,21). The number of fused-ring (bicyclic) bond motifs is 1. The lowest BCUT2D eigenvalue weighted by Crippen LogP contribution is -2.33. The minimum Gasteiger partial charge on any atom is -0.481 e. The Morgan fingerprint density at radius 1 is 1.29 bits per heavy atom. The number of amides is 1. The Morgan fingerprint density at radius 2 is 2.05 bits per heavy atom. The van der Waals surface area contributed by atoms with Crippen LogP contribution in [0.4, 0.5) is 0 Å². The molecule has 3 N–H and O–H groups in total. The van der Waals surface area contributed by atoms with Gasteiger partial charge < -0.3 is 15.4 Å². The number of carboxylic acid groups (broad SMARTS) is 1. The summed E-state index contributed by atoms with van der Waals surface area (Å²) in [5, 5.41) is 12.7. The second-order valence-electron chi connectivity index (χ2n) is 5.32. The highest BCUT2D eigenvalue weighted by Gasteiger charge is 2.26. The third-order valence-electron chi connectivity index (χ3n) is 3.84. The van der Waals surface area contributed by atoms with E-state index < -0.39 is 11.9 Å². The maximum Gasteiger partial charge on any atom is 0.310 e. The smallest absolute Gasteiger partial charge is 0.310 e. The van der Waals surface area contributed by atoms with E-state index in [0.717, 1.165) is 16.6 Å². The number of aromatic amines is 1. The van der Waals surface area contributed by atoms with Gasteiger partial charge in [-0.1, -0.05) is 30.4 Å². The molecule has 1 aromatic carbocycles. The van der Waals surface area contributed by atoms with Gasteiger partial charge in [-0.05, 0) is 19.4 Å². The van der Waals surface area contributed by atoms with E-state index in [1.54, 1.807) is 12.2 Å². The first kappa shape index (κ1) is 13.4. The molecule has 2 atom stereocenters. The number of para-hydroxylation sites is 1. The van der Waals surface area contributed by atoms with Crippen molar-refractivity contribution < 1.29 is 14.7 Å². The van der Waals surface area contributed by atoms with Crippen LogP contribution in [0, 0.1) is 12.8 Å². The highest BCUT2D eigenvalue weighted by atomic mass is 16.4. The van der Waals surface area contributed by atoms with Gasteiger partial charge in [0.15, 0.2) is 0 Å². The van der Waals surface area contributed by atoms with Crippen LogP contribution in [0.5, 0.6) is 0 Å². The van der Waals surface area contributed by atoms with Crippen molar-refractivity contribution in [3.8, 4) is 0 Å². The van der Waals surface area contributed by atoms with Gasteiger partial charge in [-0.15, -0.1) is 0 Å². The van der Waals surface area contributed by atoms with Crippen molar-refractivity contribution in [2.75, 3.05) is 0 Å². The van der Waals surface area contributed by atoms with E-state index in [1.807, 2.05) is 31.2 Å². The number of rotatable bonds is 3. The average Bonchev–Trinajstić information content (AvgIpc) is 3.01. The molecule has 0 saturated carbocycles. The predicted molar refractivity (Wildman–Crippen MR) is 79.2 cm³/mol. The van der Waals surface area contributed by atoms with Gasteiger partial charge in [-0.3, -0.25) is 9.59 Å². The Bertz CT molecular complexity index is 745. The summed E-state index contributed by atoms with van der Waals surface area (Å²) in [6.07, 6.45) is 3.79. The van der Waals surface area contributed by atoms with Crippen molar-refractivity contribution in [3.63, 3.8) is 0 Å². The molecule has 1 aromatic heterocycles. The maximum absolute atomic E-state index is 12.5. The summed E-state index contributed by atoms with van der Waals surface area (Å²) in [4.78, 5) is 26.6. The molecule has 1 aliphatic rings. The maximum atomic E-state index is 12.5. The normalized spacial score (nSPS) is 20.8. The van der Waals surface area contributed by atoms with Crippen molar-refractivity contribution in [1.29, 1.82) is 0 Å². The number of carboxylic acids is 1. The number of nitrogens with one attached hydrogen (secondary N) is 2. The van der Waals surface area contributed by atoms with Crippen LogP contribution in [-0.2, 0) is 4.79 Å². The van der Waals surface area contributed by atoms with Crippen molar-refractivity contribution >= 4 is 22.8 Å². The van der Waals surface area contributed by atoms with E-state index in [1.165, 1.54) is 0 Å². The number of benzene rings is 1. The first-order valence-electron chi connectivity index (χ1n) is 6.85. The summed E-state index contributed by atoms with van der Waals surface area (Å²) in [6, 6.07) is 7.40. The second kappa shape index (κ2) is 5.09. The molecule has 0 bridgehead atoms. The van der Waals surface area contributed by atoms with Gasteiger partial charge in [0.05, 0.1) is 11.5 Å². The summed E-state index contributed by atoms with van der Waals surface area (Å²) in [6.45, 7) is 1.86. The van der Waals surface area contributed by atoms with E-state index in [-0.39, 0.29) is 11.9 Å². The Hall–Kier alpha value is -2.56. The fourth-order valence-electron chi connectivity index (χ4n) is 2.80. The third-order valence-corrected chi connectivity index (χ3v) is 3.84. The molecule has 108 valence electrons. The van der Waals surface area contributed by atoms with E-state index in [9.17, 15) is 9.59 Å². The third kappa shape index (κ3) is 2.42. The molecule has 2 aromatic rings. The van der Waals surface area contributed by atoms with Crippen molar-refractivity contribution in [2.24, 2.45) is 5.92 Å². The van der Waals surface area contributed by atoms with Crippen molar-refractivity contribution in [2.45, 2.75) is 19.4 Å². The van der Waals surface area contributed by atoms with Gasteiger partial charge in [-0.25, -0.2) is 0 Å². The van der Waals surface area contributed by atoms with Crippen LogP contribution in [0.2, 0.25) is 0 Å². The van der Waals surface area contributed by atoms with Crippen LogP contribution < -0.4 is 5.32 Å². The number of H-pyrrole nitrogens is 1. The Kier molecular flexibility index (Phi) is 3.25. The second-order valence-corrected chi connectivity index (χ2v) is 5.32. The van der Waals surface area contributed by atoms with Crippen LogP contribution in [0.1, 0.15) is 22.5 Å². The number of aromatic nitrogens is 1. The summed E-state index contributed by atoms with van der Waals surface area (Å²) in [5.74, 6) is -1.55. The predicted octanol–water partition coefficient (Wildman–Crippen LogP) is 2.24. The molecule has 21 heavy (non-hydrogen) atoms. The summed E-state index contributed by atoms with van der Waals surface area (Å²) < 4.78 is 0. The highest BCUT2D eigenvalue weighted by molar-refractivity contribution is 6.08. The first-order valence-corrected chi connectivity index (χ1v) is 6.85. The molecule has 1 amide bonds. The Morgan fingerprint density at radius 3 is 2.76 bits per heavy atom. The SMILES string of the molecule is Cc1[nH]c2ccccc2c1C(=O)NC1C=CC(C(=O)O)C1. The van der Waals surface area contributed by atoms with Gasteiger partial charge in [0, 0.05) is 22.6 Å². The number of carbonyl (C=O) groups excluding carboxylic acids is 1.